The number of hydrogen-bond acceptors (Lipinski definition) is 8. The lowest BCUT2D eigenvalue weighted by atomic mass is 10.2. The molecular weight excluding hydrogens is 440 g/mol. The van der Waals surface area contributed by atoms with Crippen LogP contribution in [0.1, 0.15) is 16.2 Å². The van der Waals surface area contributed by atoms with E-state index in [-0.39, 0.29) is 17.0 Å². The number of rotatable bonds is 4. The first kappa shape index (κ1) is 20.2. The molecule has 0 unspecified atom stereocenters. The maximum absolute atomic E-state index is 12.9. The van der Waals surface area contributed by atoms with Gasteiger partial charge in [0.15, 0.2) is 5.16 Å². The van der Waals surface area contributed by atoms with Crippen LogP contribution in [-0.2, 0) is 13.1 Å². The molecule has 1 amide bonds. The number of aromatic nitrogens is 4. The molecule has 0 bridgehead atoms. The van der Waals surface area contributed by atoms with Gasteiger partial charge in [-0.3, -0.25) is 19.1 Å². The second-order valence-electron chi connectivity index (χ2n) is 7.35. The number of benzene rings is 1. The van der Waals surface area contributed by atoms with Crippen LogP contribution in [0.3, 0.4) is 0 Å². The Hall–Kier alpha value is -2.69. The van der Waals surface area contributed by atoms with Gasteiger partial charge in [0, 0.05) is 55.3 Å². The van der Waals surface area contributed by atoms with Crippen molar-refractivity contribution in [2.24, 2.45) is 0 Å². The van der Waals surface area contributed by atoms with Crippen molar-refractivity contribution in [1.29, 1.82) is 0 Å². The molecule has 2 aromatic heterocycles. The van der Waals surface area contributed by atoms with Gasteiger partial charge in [-0.2, -0.15) is 4.98 Å². The quantitative estimate of drug-likeness (QED) is 0.548. The number of halogens is 1. The zero-order chi connectivity index (χ0) is 21.4. The molecule has 1 saturated heterocycles. The third-order valence-electron chi connectivity index (χ3n) is 5.38. The van der Waals surface area contributed by atoms with Crippen LogP contribution in [0.4, 0.5) is 0 Å². The summed E-state index contributed by atoms with van der Waals surface area (Å²) in [4.78, 5) is 38.0. The van der Waals surface area contributed by atoms with Crippen LogP contribution < -0.4 is 5.56 Å². The van der Waals surface area contributed by atoms with Crippen molar-refractivity contribution in [2.45, 2.75) is 18.2 Å². The van der Waals surface area contributed by atoms with Gasteiger partial charge in [0.05, 0.1) is 6.54 Å². The van der Waals surface area contributed by atoms with Gasteiger partial charge < -0.3 is 9.42 Å². The fourth-order valence-electron chi connectivity index (χ4n) is 3.67. The second-order valence-corrected chi connectivity index (χ2v) is 8.85. The first-order chi connectivity index (χ1) is 15.1. The predicted molar refractivity (Wildman–Crippen MR) is 115 cm³/mol. The number of nitrogens with zero attached hydrogens (tertiary/aromatic N) is 6. The summed E-state index contributed by atoms with van der Waals surface area (Å²) < 4.78 is 6.97. The molecule has 1 aromatic carbocycles. The van der Waals surface area contributed by atoms with E-state index in [2.05, 4.69) is 20.0 Å². The van der Waals surface area contributed by atoms with Gasteiger partial charge in [0.25, 0.3) is 11.5 Å². The summed E-state index contributed by atoms with van der Waals surface area (Å²) in [5.74, 6) is 1.59. The lowest BCUT2D eigenvalue weighted by Crippen LogP contribution is -2.49. The van der Waals surface area contributed by atoms with Crippen molar-refractivity contribution < 1.29 is 9.32 Å². The maximum Gasteiger partial charge on any atom is 0.267 e. The largest absolute Gasteiger partial charge is 0.338 e. The molecule has 4 heterocycles. The van der Waals surface area contributed by atoms with E-state index in [9.17, 15) is 9.59 Å². The molecule has 9 nitrogen and oxygen atoms in total. The predicted octanol–water partition coefficient (Wildman–Crippen LogP) is 2.01. The number of carbonyl (C=O) groups excluding carboxylic acids is 1. The highest BCUT2D eigenvalue weighted by molar-refractivity contribution is 7.99. The van der Waals surface area contributed by atoms with Gasteiger partial charge in [-0.25, -0.2) is 4.98 Å². The molecular formula is C20H19ClN6O3S. The van der Waals surface area contributed by atoms with E-state index < -0.39 is 0 Å². The standard InChI is InChI=1S/C20H19ClN6O3S/c21-14-3-1-13(2-4-14)17-23-16(30-24-17)12-25-5-7-26(8-6-25)18(28)15-11-22-20-27(19(15)29)9-10-31-20/h1-4,11H,5-10,12H2. The first-order valence-corrected chi connectivity index (χ1v) is 11.3. The van der Waals surface area contributed by atoms with Crippen LogP contribution in [-0.4, -0.2) is 67.3 Å². The molecule has 0 N–H and O–H groups in total. The van der Waals surface area contributed by atoms with E-state index in [0.29, 0.717) is 61.2 Å². The van der Waals surface area contributed by atoms with Crippen molar-refractivity contribution in [3.05, 3.63) is 57.3 Å². The average molecular weight is 459 g/mol. The van der Waals surface area contributed by atoms with Crippen molar-refractivity contribution in [1.82, 2.24) is 29.5 Å². The Morgan fingerprint density at radius 3 is 2.68 bits per heavy atom. The molecule has 0 radical (unpaired) electrons. The van der Waals surface area contributed by atoms with E-state index >= 15 is 0 Å². The molecule has 3 aromatic rings. The Balaban J connectivity index is 1.20. The molecule has 2 aliphatic heterocycles. The SMILES string of the molecule is O=C(c1cnc2n(c1=O)CCS2)N1CCN(Cc2nc(-c3ccc(Cl)cc3)no2)CC1. The summed E-state index contributed by atoms with van der Waals surface area (Å²) in [6.07, 6.45) is 1.41. The number of amides is 1. The Labute approximate surface area is 187 Å². The molecule has 0 atom stereocenters. The lowest BCUT2D eigenvalue weighted by molar-refractivity contribution is 0.0612. The zero-order valence-corrected chi connectivity index (χ0v) is 18.1. The molecule has 11 heteroatoms. The lowest BCUT2D eigenvalue weighted by Gasteiger charge is -2.33. The van der Waals surface area contributed by atoms with E-state index in [1.54, 1.807) is 21.6 Å². The second kappa shape index (κ2) is 8.45. The number of fused-ring (bicyclic) bond motifs is 1. The Kier molecular flexibility index (Phi) is 5.51. The van der Waals surface area contributed by atoms with Crippen molar-refractivity contribution in [3.8, 4) is 11.4 Å². The van der Waals surface area contributed by atoms with Gasteiger partial charge in [0.2, 0.25) is 11.7 Å². The summed E-state index contributed by atoms with van der Waals surface area (Å²) in [6.45, 7) is 3.45. The van der Waals surface area contributed by atoms with E-state index in [1.165, 1.54) is 18.0 Å². The Bertz CT molecular complexity index is 1170. The zero-order valence-electron chi connectivity index (χ0n) is 16.5. The van der Waals surface area contributed by atoms with E-state index in [0.717, 1.165) is 11.3 Å². The molecule has 160 valence electrons. The summed E-state index contributed by atoms with van der Waals surface area (Å²) in [6, 6.07) is 7.25. The van der Waals surface area contributed by atoms with Crippen molar-refractivity contribution >= 4 is 29.3 Å². The normalized spacial score (nSPS) is 16.5. The van der Waals surface area contributed by atoms with Gasteiger partial charge >= 0.3 is 0 Å². The first-order valence-electron chi connectivity index (χ1n) is 9.91. The minimum atomic E-state index is -0.257. The number of piperazine rings is 1. The fourth-order valence-corrected chi connectivity index (χ4v) is 4.71. The molecule has 1 fully saturated rings. The minimum Gasteiger partial charge on any atom is -0.338 e. The maximum atomic E-state index is 12.9. The number of hydrogen-bond donors (Lipinski definition) is 0. The van der Waals surface area contributed by atoms with Gasteiger partial charge in [-0.05, 0) is 24.3 Å². The molecule has 0 saturated carbocycles. The molecule has 0 aliphatic carbocycles. The fraction of sp³-hybridized carbons (Fsp3) is 0.350. The van der Waals surface area contributed by atoms with Gasteiger partial charge in [0.1, 0.15) is 5.56 Å². The summed E-state index contributed by atoms with van der Waals surface area (Å²) in [5.41, 5.74) is 0.731. The average Bonchev–Trinajstić information content (AvgIpc) is 3.45. The summed E-state index contributed by atoms with van der Waals surface area (Å²) in [5, 5.41) is 5.37. The highest BCUT2D eigenvalue weighted by Gasteiger charge is 2.27. The minimum absolute atomic E-state index is 0.143. The van der Waals surface area contributed by atoms with E-state index in [1.807, 2.05) is 12.1 Å². The van der Waals surface area contributed by atoms with Crippen LogP contribution >= 0.6 is 23.4 Å². The highest BCUT2D eigenvalue weighted by Crippen LogP contribution is 2.21. The molecule has 2 aliphatic rings. The number of thioether (sulfide) groups is 1. The summed E-state index contributed by atoms with van der Waals surface area (Å²) in [7, 11) is 0. The highest BCUT2D eigenvalue weighted by atomic mass is 35.5. The van der Waals surface area contributed by atoms with E-state index in [4.69, 9.17) is 16.1 Å². The Morgan fingerprint density at radius 2 is 1.90 bits per heavy atom. The topological polar surface area (TPSA) is 97.4 Å². The third kappa shape index (κ3) is 4.10. The van der Waals surface area contributed by atoms with Gasteiger partial charge in [-0.1, -0.05) is 28.5 Å². The van der Waals surface area contributed by atoms with Crippen molar-refractivity contribution in [3.63, 3.8) is 0 Å². The third-order valence-corrected chi connectivity index (χ3v) is 6.60. The smallest absolute Gasteiger partial charge is 0.267 e. The monoisotopic (exact) mass is 458 g/mol. The number of carbonyl (C=O) groups is 1. The van der Waals surface area contributed by atoms with Crippen LogP contribution in [0.5, 0.6) is 0 Å². The van der Waals surface area contributed by atoms with Crippen LogP contribution in [0, 0.1) is 0 Å². The summed E-state index contributed by atoms with van der Waals surface area (Å²) >= 11 is 7.45. The molecule has 0 spiro atoms. The van der Waals surface area contributed by atoms with Gasteiger partial charge in [-0.15, -0.1) is 0 Å². The van der Waals surface area contributed by atoms with Crippen molar-refractivity contribution in [2.75, 3.05) is 31.9 Å². The Morgan fingerprint density at radius 1 is 1.13 bits per heavy atom. The molecule has 31 heavy (non-hydrogen) atoms. The van der Waals surface area contributed by atoms with Crippen LogP contribution in [0.25, 0.3) is 11.4 Å². The van der Waals surface area contributed by atoms with Crippen LogP contribution in [0.15, 0.2) is 44.9 Å². The van der Waals surface area contributed by atoms with Crippen LogP contribution in [0.2, 0.25) is 5.02 Å². The molecule has 5 rings (SSSR count).